The Hall–Kier alpha value is -2.63. The van der Waals surface area contributed by atoms with Crippen molar-refractivity contribution in [2.45, 2.75) is 37.6 Å². The van der Waals surface area contributed by atoms with Gasteiger partial charge < -0.3 is 15.0 Å². The van der Waals surface area contributed by atoms with Crippen molar-refractivity contribution in [3.8, 4) is 0 Å². The molecular weight excluding hydrogens is 308 g/mol. The third kappa shape index (κ3) is 2.58. The highest BCUT2D eigenvalue weighted by atomic mass is 16.4. The summed E-state index contributed by atoms with van der Waals surface area (Å²) in [5.41, 5.74) is -1.43. The van der Waals surface area contributed by atoms with E-state index in [0.717, 1.165) is 19.3 Å². The predicted octanol–water partition coefficient (Wildman–Crippen LogP) is 2.39. The van der Waals surface area contributed by atoms with Gasteiger partial charge in [-0.2, -0.15) is 0 Å². The first-order valence-corrected chi connectivity index (χ1v) is 8.09. The molecule has 1 fully saturated rings. The highest BCUT2D eigenvalue weighted by Gasteiger charge is 2.45. The average Bonchev–Trinajstić information content (AvgIpc) is 2.61. The van der Waals surface area contributed by atoms with Gasteiger partial charge in [0.15, 0.2) is 0 Å². The fourth-order valence-corrected chi connectivity index (χ4v) is 3.53. The number of aromatic amines is 1. The van der Waals surface area contributed by atoms with Crippen LogP contribution in [-0.2, 0) is 4.79 Å². The normalized spacial score (nSPS) is 16.7. The minimum atomic E-state index is -1.20. The number of carboxylic acid groups (broad SMARTS) is 1. The van der Waals surface area contributed by atoms with E-state index in [9.17, 15) is 19.5 Å². The van der Waals surface area contributed by atoms with Crippen LogP contribution < -0.4 is 5.56 Å². The van der Waals surface area contributed by atoms with Crippen LogP contribution in [-0.4, -0.2) is 39.5 Å². The molecule has 0 aliphatic heterocycles. The van der Waals surface area contributed by atoms with Crippen molar-refractivity contribution in [3.63, 3.8) is 0 Å². The van der Waals surface area contributed by atoms with Crippen LogP contribution in [0.5, 0.6) is 0 Å². The second kappa shape index (κ2) is 6.11. The predicted molar refractivity (Wildman–Crippen MR) is 90.1 cm³/mol. The van der Waals surface area contributed by atoms with Gasteiger partial charge in [-0.1, -0.05) is 37.5 Å². The number of carboxylic acids is 1. The number of hydrogen-bond donors (Lipinski definition) is 2. The summed E-state index contributed by atoms with van der Waals surface area (Å²) in [6.45, 7) is 0. The number of aliphatic carboxylic acids is 1. The van der Waals surface area contributed by atoms with Gasteiger partial charge in [-0.3, -0.25) is 9.59 Å². The van der Waals surface area contributed by atoms with Crippen molar-refractivity contribution in [1.29, 1.82) is 0 Å². The number of carbonyl (C=O) groups excluding carboxylic acids is 1. The monoisotopic (exact) mass is 328 g/mol. The number of amides is 1. The lowest BCUT2D eigenvalue weighted by Crippen LogP contribution is -2.56. The summed E-state index contributed by atoms with van der Waals surface area (Å²) in [5.74, 6) is -1.46. The maximum absolute atomic E-state index is 12.8. The summed E-state index contributed by atoms with van der Waals surface area (Å²) in [6, 6.07) is 8.60. The maximum atomic E-state index is 12.8. The number of aromatic nitrogens is 1. The molecule has 0 unspecified atom stereocenters. The van der Waals surface area contributed by atoms with Crippen LogP contribution in [0.4, 0.5) is 0 Å². The summed E-state index contributed by atoms with van der Waals surface area (Å²) >= 11 is 0. The number of fused-ring (bicyclic) bond motifs is 1. The number of nitrogens with one attached hydrogen (secondary N) is 1. The van der Waals surface area contributed by atoms with Gasteiger partial charge in [0.05, 0.1) is 0 Å². The van der Waals surface area contributed by atoms with Crippen molar-refractivity contribution in [2.24, 2.45) is 0 Å². The molecule has 0 radical (unpaired) electrons. The van der Waals surface area contributed by atoms with Gasteiger partial charge in [0.25, 0.3) is 11.5 Å². The molecule has 1 aliphatic rings. The Labute approximate surface area is 139 Å². The quantitative estimate of drug-likeness (QED) is 0.905. The summed E-state index contributed by atoms with van der Waals surface area (Å²) in [4.78, 5) is 40.8. The maximum Gasteiger partial charge on any atom is 0.329 e. The van der Waals surface area contributed by atoms with Gasteiger partial charge in [0.1, 0.15) is 11.2 Å². The van der Waals surface area contributed by atoms with E-state index >= 15 is 0 Å². The van der Waals surface area contributed by atoms with Crippen LogP contribution in [0.3, 0.4) is 0 Å². The molecule has 2 N–H and O–H groups in total. The van der Waals surface area contributed by atoms with Gasteiger partial charge in [-0.05, 0) is 30.4 Å². The van der Waals surface area contributed by atoms with Gasteiger partial charge in [0, 0.05) is 12.4 Å². The molecule has 0 atom stereocenters. The van der Waals surface area contributed by atoms with E-state index in [0.29, 0.717) is 23.6 Å². The number of hydrogen-bond acceptors (Lipinski definition) is 3. The molecule has 6 heteroatoms. The molecule has 0 bridgehead atoms. The Kier molecular flexibility index (Phi) is 4.13. The Morgan fingerprint density at radius 2 is 1.83 bits per heavy atom. The first-order chi connectivity index (χ1) is 11.5. The summed E-state index contributed by atoms with van der Waals surface area (Å²) in [6.07, 6.45) is 3.39. The number of rotatable bonds is 3. The molecule has 0 saturated heterocycles. The van der Waals surface area contributed by atoms with Gasteiger partial charge in [-0.25, -0.2) is 4.79 Å². The number of nitrogens with zero attached hydrogens (tertiary/aromatic N) is 1. The van der Waals surface area contributed by atoms with Crippen molar-refractivity contribution in [2.75, 3.05) is 7.05 Å². The minimum Gasteiger partial charge on any atom is -0.479 e. The molecule has 126 valence electrons. The number of likely N-dealkylation sites (N-methyl/N-ethyl adjacent to an activating group) is 1. The van der Waals surface area contributed by atoms with Crippen LogP contribution in [0.2, 0.25) is 0 Å². The second-order valence-electron chi connectivity index (χ2n) is 6.36. The third-order valence-corrected chi connectivity index (χ3v) is 5.01. The Balaban J connectivity index is 2.01. The van der Waals surface area contributed by atoms with Crippen LogP contribution in [0.15, 0.2) is 35.1 Å². The van der Waals surface area contributed by atoms with Crippen LogP contribution in [0.1, 0.15) is 42.6 Å². The van der Waals surface area contributed by atoms with Crippen LogP contribution >= 0.6 is 0 Å². The van der Waals surface area contributed by atoms with Gasteiger partial charge in [-0.15, -0.1) is 0 Å². The highest BCUT2D eigenvalue weighted by Crippen LogP contribution is 2.34. The van der Waals surface area contributed by atoms with E-state index in [4.69, 9.17) is 0 Å². The van der Waals surface area contributed by atoms with Crippen LogP contribution in [0, 0.1) is 0 Å². The van der Waals surface area contributed by atoms with E-state index in [1.165, 1.54) is 11.9 Å². The molecular formula is C18H20N2O4. The number of pyridine rings is 1. The lowest BCUT2D eigenvalue weighted by molar-refractivity contribution is -0.151. The third-order valence-electron chi connectivity index (χ3n) is 5.01. The van der Waals surface area contributed by atoms with E-state index in [2.05, 4.69) is 4.98 Å². The molecule has 1 amide bonds. The molecule has 1 aromatic heterocycles. The number of H-pyrrole nitrogens is 1. The topological polar surface area (TPSA) is 90.5 Å². The van der Waals surface area contributed by atoms with Crippen molar-refractivity contribution >= 4 is 22.6 Å². The molecule has 2 aromatic rings. The molecule has 6 nitrogen and oxygen atoms in total. The van der Waals surface area contributed by atoms with Crippen LogP contribution in [0.25, 0.3) is 10.8 Å². The average molecular weight is 328 g/mol. The molecule has 1 saturated carbocycles. The Bertz CT molecular complexity index is 849. The fraction of sp³-hybridized carbons (Fsp3) is 0.389. The first-order valence-electron chi connectivity index (χ1n) is 8.09. The molecule has 1 aromatic carbocycles. The number of benzene rings is 1. The van der Waals surface area contributed by atoms with Gasteiger partial charge in [0.2, 0.25) is 0 Å². The molecule has 24 heavy (non-hydrogen) atoms. The van der Waals surface area contributed by atoms with E-state index in [-0.39, 0.29) is 11.3 Å². The van der Waals surface area contributed by atoms with Crippen molar-refractivity contribution in [3.05, 3.63) is 46.4 Å². The molecule has 1 heterocycles. The lowest BCUT2D eigenvalue weighted by atomic mass is 9.80. The zero-order chi connectivity index (χ0) is 17.3. The van der Waals surface area contributed by atoms with E-state index in [1.54, 1.807) is 30.3 Å². The summed E-state index contributed by atoms with van der Waals surface area (Å²) in [7, 11) is 1.51. The molecule has 0 spiro atoms. The minimum absolute atomic E-state index is 0.118. The standard InChI is InChI=1S/C18H20N2O4/c1-20(18(17(23)24)9-5-2-6-10-18)16(22)14-11-12-7-3-4-8-13(12)15(21)19-14/h3-4,7-8,11H,2,5-6,9-10H2,1H3,(H,19,21)(H,23,24). The second-order valence-corrected chi connectivity index (χ2v) is 6.36. The fourth-order valence-electron chi connectivity index (χ4n) is 3.53. The SMILES string of the molecule is CN(C(=O)c1cc2ccccc2c(=O)[nH]1)C1(C(=O)O)CCCCC1. The summed E-state index contributed by atoms with van der Waals surface area (Å²) < 4.78 is 0. The number of carbonyl (C=O) groups is 2. The first kappa shape index (κ1) is 16.2. The van der Waals surface area contributed by atoms with E-state index in [1.807, 2.05) is 0 Å². The van der Waals surface area contributed by atoms with Gasteiger partial charge >= 0.3 is 5.97 Å². The van der Waals surface area contributed by atoms with Crippen molar-refractivity contribution < 1.29 is 14.7 Å². The van der Waals surface area contributed by atoms with E-state index < -0.39 is 17.4 Å². The summed E-state index contributed by atoms with van der Waals surface area (Å²) in [5, 5.41) is 10.9. The Morgan fingerprint density at radius 1 is 1.17 bits per heavy atom. The molecule has 3 rings (SSSR count). The zero-order valence-electron chi connectivity index (χ0n) is 13.5. The molecule has 1 aliphatic carbocycles. The Morgan fingerprint density at radius 3 is 2.50 bits per heavy atom. The smallest absolute Gasteiger partial charge is 0.329 e. The highest BCUT2D eigenvalue weighted by molar-refractivity contribution is 5.99. The lowest BCUT2D eigenvalue weighted by Gasteiger charge is -2.40. The zero-order valence-corrected chi connectivity index (χ0v) is 13.5. The van der Waals surface area contributed by atoms with Crippen molar-refractivity contribution in [1.82, 2.24) is 9.88 Å². The largest absolute Gasteiger partial charge is 0.479 e.